The van der Waals surface area contributed by atoms with Gasteiger partial charge in [0.1, 0.15) is 11.9 Å². The number of amides is 1. The van der Waals surface area contributed by atoms with Crippen LogP contribution in [0.25, 0.3) is 0 Å². The first-order chi connectivity index (χ1) is 12.0. The van der Waals surface area contributed by atoms with E-state index >= 15 is 0 Å². The van der Waals surface area contributed by atoms with E-state index in [0.29, 0.717) is 17.6 Å². The molecule has 2 atom stereocenters. The van der Waals surface area contributed by atoms with E-state index in [9.17, 15) is 4.79 Å². The maximum Gasteiger partial charge on any atom is 0.407 e. The first kappa shape index (κ1) is 17.2. The van der Waals surface area contributed by atoms with Crippen molar-refractivity contribution in [2.75, 3.05) is 5.32 Å². The van der Waals surface area contributed by atoms with E-state index in [2.05, 4.69) is 30.8 Å². The summed E-state index contributed by atoms with van der Waals surface area (Å²) in [5.41, 5.74) is 1.88. The molecule has 134 valence electrons. The highest BCUT2D eigenvalue weighted by Crippen LogP contribution is 2.36. The number of hydrogen-bond donors (Lipinski definition) is 3. The van der Waals surface area contributed by atoms with Crippen molar-refractivity contribution in [2.45, 2.75) is 58.1 Å². The Morgan fingerprint density at radius 3 is 2.92 bits per heavy atom. The maximum absolute atomic E-state index is 11.7. The molecule has 1 aliphatic rings. The van der Waals surface area contributed by atoms with Gasteiger partial charge >= 0.3 is 6.09 Å². The van der Waals surface area contributed by atoms with Gasteiger partial charge in [-0.2, -0.15) is 5.10 Å². The molecule has 0 saturated heterocycles. The lowest BCUT2D eigenvalue weighted by atomic mass is 10.0. The van der Waals surface area contributed by atoms with Crippen molar-refractivity contribution in [2.24, 2.45) is 0 Å². The van der Waals surface area contributed by atoms with E-state index in [0.717, 1.165) is 30.7 Å². The maximum atomic E-state index is 11.7. The molecule has 0 unspecified atom stereocenters. The van der Waals surface area contributed by atoms with Gasteiger partial charge in [0, 0.05) is 29.9 Å². The average molecular weight is 344 g/mol. The largest absolute Gasteiger partial charge is 0.446 e. The number of hydrogen-bond acceptors (Lipinski definition) is 6. The highest BCUT2D eigenvalue weighted by atomic mass is 16.6. The van der Waals surface area contributed by atoms with Crippen LogP contribution in [0.3, 0.4) is 0 Å². The van der Waals surface area contributed by atoms with E-state index < -0.39 is 0 Å². The Hall–Kier alpha value is -2.64. The number of nitrogens with zero attached hydrogens (tertiary/aromatic N) is 3. The predicted molar refractivity (Wildman–Crippen MR) is 93.8 cm³/mol. The molecule has 3 N–H and O–H groups in total. The molecular weight excluding hydrogens is 320 g/mol. The molecule has 0 radical (unpaired) electrons. The summed E-state index contributed by atoms with van der Waals surface area (Å²) in [6.45, 7) is 5.72. The Labute approximate surface area is 146 Å². The van der Waals surface area contributed by atoms with Crippen LogP contribution in [0.2, 0.25) is 0 Å². The lowest BCUT2D eigenvalue weighted by Gasteiger charge is -2.14. The zero-order valence-corrected chi connectivity index (χ0v) is 14.7. The van der Waals surface area contributed by atoms with E-state index in [1.165, 1.54) is 0 Å². The SMILES string of the molecule is Cc1cncc(Nc2cc([C@H]3CC[C@@H](OC(=O)NC(C)C)C3)[nH]n2)n1. The van der Waals surface area contributed by atoms with Gasteiger partial charge in [-0.25, -0.2) is 9.78 Å². The van der Waals surface area contributed by atoms with Crippen LogP contribution < -0.4 is 10.6 Å². The zero-order chi connectivity index (χ0) is 17.8. The number of aromatic nitrogens is 4. The average Bonchev–Trinajstić information content (AvgIpc) is 3.15. The predicted octanol–water partition coefficient (Wildman–Crippen LogP) is 3.02. The van der Waals surface area contributed by atoms with E-state index in [-0.39, 0.29) is 18.2 Å². The minimum Gasteiger partial charge on any atom is -0.446 e. The molecule has 8 heteroatoms. The van der Waals surface area contributed by atoms with Crippen LogP contribution >= 0.6 is 0 Å². The molecule has 0 spiro atoms. The fraction of sp³-hybridized carbons (Fsp3) is 0.529. The normalized spacial score (nSPS) is 19.8. The summed E-state index contributed by atoms with van der Waals surface area (Å²) < 4.78 is 5.47. The molecule has 1 aliphatic carbocycles. The summed E-state index contributed by atoms with van der Waals surface area (Å²) in [5, 5.41) is 13.3. The van der Waals surface area contributed by atoms with Crippen LogP contribution in [0.5, 0.6) is 0 Å². The van der Waals surface area contributed by atoms with Crippen molar-refractivity contribution in [1.29, 1.82) is 0 Å². The minimum absolute atomic E-state index is 0.0499. The Morgan fingerprint density at radius 1 is 1.32 bits per heavy atom. The van der Waals surface area contributed by atoms with Gasteiger partial charge in [0.15, 0.2) is 5.82 Å². The number of carbonyl (C=O) groups excluding carboxylic acids is 1. The van der Waals surface area contributed by atoms with Crippen molar-refractivity contribution in [3.05, 3.63) is 29.8 Å². The molecule has 0 bridgehead atoms. The van der Waals surface area contributed by atoms with Crippen LogP contribution in [0.4, 0.5) is 16.4 Å². The number of nitrogens with one attached hydrogen (secondary N) is 3. The number of aromatic amines is 1. The summed E-state index contributed by atoms with van der Waals surface area (Å²) in [4.78, 5) is 20.2. The third-order valence-electron chi connectivity index (χ3n) is 4.11. The quantitative estimate of drug-likeness (QED) is 0.770. The number of carbonyl (C=O) groups is 1. The molecule has 25 heavy (non-hydrogen) atoms. The lowest BCUT2D eigenvalue weighted by molar-refractivity contribution is 0.0981. The zero-order valence-electron chi connectivity index (χ0n) is 14.7. The molecule has 1 saturated carbocycles. The summed E-state index contributed by atoms with van der Waals surface area (Å²) in [6.07, 6.45) is 5.60. The fourth-order valence-corrected chi connectivity index (χ4v) is 3.02. The molecule has 0 aliphatic heterocycles. The van der Waals surface area contributed by atoms with Crippen LogP contribution in [0, 0.1) is 6.92 Å². The molecule has 1 amide bonds. The second kappa shape index (κ2) is 7.50. The molecule has 2 aromatic rings. The second-order valence-electron chi connectivity index (χ2n) is 6.72. The third kappa shape index (κ3) is 4.68. The number of anilines is 2. The van der Waals surface area contributed by atoms with Crippen LogP contribution in [0.15, 0.2) is 18.5 Å². The number of rotatable bonds is 5. The van der Waals surface area contributed by atoms with Gasteiger partial charge in [0.25, 0.3) is 0 Å². The molecule has 2 aromatic heterocycles. The minimum atomic E-state index is -0.342. The topological polar surface area (TPSA) is 105 Å². The van der Waals surface area contributed by atoms with Crippen molar-refractivity contribution < 1.29 is 9.53 Å². The molecule has 3 rings (SSSR count). The summed E-state index contributed by atoms with van der Waals surface area (Å²) in [6, 6.07) is 2.06. The van der Waals surface area contributed by atoms with E-state index in [1.807, 2.05) is 26.8 Å². The van der Waals surface area contributed by atoms with Gasteiger partial charge in [-0.05, 0) is 40.0 Å². The van der Waals surface area contributed by atoms with Crippen LogP contribution in [-0.2, 0) is 4.74 Å². The van der Waals surface area contributed by atoms with Gasteiger partial charge in [-0.3, -0.25) is 10.1 Å². The van der Waals surface area contributed by atoms with Gasteiger partial charge < -0.3 is 15.4 Å². The first-order valence-electron chi connectivity index (χ1n) is 8.57. The number of alkyl carbamates (subject to hydrolysis) is 1. The molecule has 2 heterocycles. The van der Waals surface area contributed by atoms with Crippen molar-refractivity contribution >= 4 is 17.7 Å². The Morgan fingerprint density at radius 2 is 2.16 bits per heavy atom. The molecule has 1 fully saturated rings. The van der Waals surface area contributed by atoms with Crippen molar-refractivity contribution in [1.82, 2.24) is 25.5 Å². The Balaban J connectivity index is 1.55. The Bertz CT molecular complexity index is 729. The van der Waals surface area contributed by atoms with Gasteiger partial charge in [0.05, 0.1) is 11.9 Å². The second-order valence-corrected chi connectivity index (χ2v) is 6.72. The van der Waals surface area contributed by atoms with Gasteiger partial charge in [-0.1, -0.05) is 0 Å². The first-order valence-corrected chi connectivity index (χ1v) is 8.57. The van der Waals surface area contributed by atoms with Crippen molar-refractivity contribution in [3.8, 4) is 0 Å². The highest BCUT2D eigenvalue weighted by Gasteiger charge is 2.30. The van der Waals surface area contributed by atoms with Crippen LogP contribution in [-0.4, -0.2) is 38.4 Å². The van der Waals surface area contributed by atoms with E-state index in [4.69, 9.17) is 4.74 Å². The lowest BCUT2D eigenvalue weighted by Crippen LogP contribution is -2.33. The van der Waals surface area contributed by atoms with Crippen molar-refractivity contribution in [3.63, 3.8) is 0 Å². The third-order valence-corrected chi connectivity index (χ3v) is 4.11. The summed E-state index contributed by atoms with van der Waals surface area (Å²) in [7, 11) is 0. The standard InChI is InChI=1S/C17H24N6O2/c1-10(2)19-17(24)25-13-5-4-12(6-13)14-7-15(23-22-14)21-16-9-18-8-11(3)20-16/h7-10,12-13H,4-6H2,1-3H3,(H,19,24)(H2,20,21,22,23)/t12-,13+/m0/s1. The molecular formula is C17H24N6O2. The monoisotopic (exact) mass is 344 g/mol. The summed E-state index contributed by atoms with van der Waals surface area (Å²) >= 11 is 0. The Kier molecular flexibility index (Phi) is 5.16. The number of ether oxygens (including phenoxy) is 1. The van der Waals surface area contributed by atoms with Crippen LogP contribution in [0.1, 0.15) is 50.4 Å². The summed E-state index contributed by atoms with van der Waals surface area (Å²) in [5.74, 6) is 1.68. The number of H-pyrrole nitrogens is 1. The van der Waals surface area contributed by atoms with Gasteiger partial charge in [0.2, 0.25) is 0 Å². The highest BCUT2D eigenvalue weighted by molar-refractivity contribution is 5.67. The smallest absolute Gasteiger partial charge is 0.407 e. The number of aryl methyl sites for hydroxylation is 1. The molecule has 0 aromatic carbocycles. The fourth-order valence-electron chi connectivity index (χ4n) is 3.02. The van der Waals surface area contributed by atoms with Gasteiger partial charge in [-0.15, -0.1) is 0 Å². The van der Waals surface area contributed by atoms with E-state index in [1.54, 1.807) is 12.4 Å². The molecule has 8 nitrogen and oxygen atoms in total.